The van der Waals surface area contributed by atoms with Crippen molar-refractivity contribution < 1.29 is 9.53 Å². The van der Waals surface area contributed by atoms with Crippen LogP contribution in [0.1, 0.15) is 16.9 Å². The van der Waals surface area contributed by atoms with Crippen LogP contribution in [0.25, 0.3) is 21.3 Å². The number of nitrogens with one attached hydrogen (secondary N) is 1. The van der Waals surface area contributed by atoms with Crippen molar-refractivity contribution in [2.75, 3.05) is 12.9 Å². The molecule has 26 heavy (non-hydrogen) atoms. The van der Waals surface area contributed by atoms with E-state index in [1.807, 2.05) is 32.0 Å². The summed E-state index contributed by atoms with van der Waals surface area (Å²) in [6.07, 6.45) is 0.242. The summed E-state index contributed by atoms with van der Waals surface area (Å²) in [5.41, 5.74) is 7.84. The van der Waals surface area contributed by atoms with Gasteiger partial charge in [0, 0.05) is 22.6 Å². The Hall–Kier alpha value is -2.32. The summed E-state index contributed by atoms with van der Waals surface area (Å²) < 4.78 is 5.32. The number of amides is 1. The van der Waals surface area contributed by atoms with Crippen LogP contribution < -0.4 is 16.0 Å². The molecular weight excluding hydrogens is 370 g/mol. The summed E-state index contributed by atoms with van der Waals surface area (Å²) >= 11 is 2.81. The number of fused-ring (bicyclic) bond motifs is 1. The molecule has 6 nitrogen and oxygen atoms in total. The number of hydrogen-bond acceptors (Lipinski definition) is 6. The normalized spacial score (nSPS) is 11.0. The van der Waals surface area contributed by atoms with Gasteiger partial charge >= 0.3 is 0 Å². The third-order valence-corrected chi connectivity index (χ3v) is 5.86. The number of primary amides is 1. The van der Waals surface area contributed by atoms with Gasteiger partial charge in [-0.3, -0.25) is 9.59 Å². The smallest absolute Gasteiger partial charge is 0.260 e. The van der Waals surface area contributed by atoms with Gasteiger partial charge in [-0.25, -0.2) is 4.98 Å². The fraction of sp³-hybridized carbons (Fsp3) is 0.278. The minimum absolute atomic E-state index is 0.176. The molecule has 0 bridgehead atoms. The fourth-order valence-electron chi connectivity index (χ4n) is 2.80. The molecule has 0 unspecified atom stereocenters. The number of thiophene rings is 1. The number of aromatic nitrogens is 2. The van der Waals surface area contributed by atoms with Gasteiger partial charge in [0.05, 0.1) is 12.5 Å². The average Bonchev–Trinajstić information content (AvgIpc) is 2.91. The molecule has 1 amide bonds. The Labute approximate surface area is 158 Å². The van der Waals surface area contributed by atoms with Gasteiger partial charge < -0.3 is 15.5 Å². The molecule has 0 saturated carbocycles. The highest BCUT2D eigenvalue weighted by atomic mass is 32.2. The maximum Gasteiger partial charge on any atom is 0.260 e. The van der Waals surface area contributed by atoms with E-state index >= 15 is 0 Å². The first-order valence-corrected chi connectivity index (χ1v) is 9.80. The Balaban J connectivity index is 2.05. The molecule has 0 spiro atoms. The molecule has 3 aromatic rings. The average molecular weight is 390 g/mol. The van der Waals surface area contributed by atoms with E-state index in [1.54, 1.807) is 7.11 Å². The Morgan fingerprint density at radius 1 is 1.38 bits per heavy atom. The van der Waals surface area contributed by atoms with Crippen molar-refractivity contribution in [3.8, 4) is 16.9 Å². The quantitative estimate of drug-likeness (QED) is 0.498. The molecule has 0 aliphatic carbocycles. The lowest BCUT2D eigenvalue weighted by Gasteiger charge is -2.08. The SMILES string of the molecule is COc1ccc(-c2c(C)sc3nc(SCCC(N)=O)[nH]c(=O)c23)cc1C. The van der Waals surface area contributed by atoms with Crippen LogP contribution in [0, 0.1) is 13.8 Å². The number of nitrogens with two attached hydrogens (primary N) is 1. The molecule has 2 heterocycles. The summed E-state index contributed by atoms with van der Waals surface area (Å²) in [5, 5.41) is 1.10. The van der Waals surface area contributed by atoms with E-state index in [4.69, 9.17) is 10.5 Å². The fourth-order valence-corrected chi connectivity index (χ4v) is 4.72. The number of aryl methyl sites for hydroxylation is 2. The second-order valence-electron chi connectivity index (χ2n) is 5.83. The van der Waals surface area contributed by atoms with Crippen LogP contribution in [0.4, 0.5) is 0 Å². The zero-order valence-electron chi connectivity index (χ0n) is 14.7. The number of aromatic amines is 1. The summed E-state index contributed by atoms with van der Waals surface area (Å²) in [4.78, 5) is 32.6. The lowest BCUT2D eigenvalue weighted by Crippen LogP contribution is -2.12. The summed E-state index contributed by atoms with van der Waals surface area (Å²) in [5.74, 6) is 0.926. The molecule has 0 fully saturated rings. The number of rotatable bonds is 6. The topological polar surface area (TPSA) is 98.1 Å². The summed E-state index contributed by atoms with van der Waals surface area (Å²) in [7, 11) is 1.64. The lowest BCUT2D eigenvalue weighted by molar-refractivity contribution is -0.117. The van der Waals surface area contributed by atoms with E-state index in [0.29, 0.717) is 21.1 Å². The van der Waals surface area contributed by atoms with Crippen molar-refractivity contribution in [1.29, 1.82) is 0 Å². The predicted molar refractivity (Wildman–Crippen MR) is 106 cm³/mol. The molecule has 2 aromatic heterocycles. The zero-order valence-corrected chi connectivity index (χ0v) is 16.3. The first-order valence-electron chi connectivity index (χ1n) is 8.00. The number of thioether (sulfide) groups is 1. The number of carbonyl (C=O) groups excluding carboxylic acids is 1. The number of ether oxygens (including phenoxy) is 1. The monoisotopic (exact) mass is 389 g/mol. The van der Waals surface area contributed by atoms with E-state index in [2.05, 4.69) is 9.97 Å². The van der Waals surface area contributed by atoms with Gasteiger partial charge in [0.2, 0.25) is 5.91 Å². The van der Waals surface area contributed by atoms with Crippen LogP contribution in [0.5, 0.6) is 5.75 Å². The van der Waals surface area contributed by atoms with E-state index in [0.717, 1.165) is 27.3 Å². The van der Waals surface area contributed by atoms with Crippen molar-refractivity contribution in [2.45, 2.75) is 25.4 Å². The minimum atomic E-state index is -0.370. The number of methoxy groups -OCH3 is 1. The third kappa shape index (κ3) is 3.61. The molecule has 0 radical (unpaired) electrons. The van der Waals surface area contributed by atoms with Gasteiger partial charge in [-0.05, 0) is 37.1 Å². The molecule has 136 valence electrons. The molecule has 0 atom stereocenters. The van der Waals surface area contributed by atoms with Crippen LogP contribution in [-0.2, 0) is 4.79 Å². The van der Waals surface area contributed by atoms with Gasteiger partial charge in [-0.2, -0.15) is 0 Å². The molecule has 3 N–H and O–H groups in total. The Kier molecular flexibility index (Phi) is 5.33. The Morgan fingerprint density at radius 2 is 2.15 bits per heavy atom. The highest BCUT2D eigenvalue weighted by Gasteiger charge is 2.17. The molecule has 0 aliphatic heterocycles. The molecule has 0 aliphatic rings. The first kappa shape index (κ1) is 18.5. The highest BCUT2D eigenvalue weighted by molar-refractivity contribution is 7.99. The first-order chi connectivity index (χ1) is 12.4. The lowest BCUT2D eigenvalue weighted by atomic mass is 10.0. The van der Waals surface area contributed by atoms with Crippen LogP contribution in [0.15, 0.2) is 28.2 Å². The Morgan fingerprint density at radius 3 is 2.81 bits per heavy atom. The maximum absolute atomic E-state index is 12.7. The van der Waals surface area contributed by atoms with Crippen LogP contribution >= 0.6 is 23.1 Å². The summed E-state index contributed by atoms with van der Waals surface area (Å²) in [6.45, 7) is 3.96. The van der Waals surface area contributed by atoms with Gasteiger partial charge in [0.15, 0.2) is 5.16 Å². The highest BCUT2D eigenvalue weighted by Crippen LogP contribution is 2.37. The number of benzene rings is 1. The van der Waals surface area contributed by atoms with Gasteiger partial charge in [0.1, 0.15) is 10.6 Å². The molecular formula is C18H19N3O3S2. The van der Waals surface area contributed by atoms with Crippen LogP contribution in [0.3, 0.4) is 0 Å². The molecule has 0 saturated heterocycles. The van der Waals surface area contributed by atoms with E-state index in [9.17, 15) is 9.59 Å². The van der Waals surface area contributed by atoms with Crippen LogP contribution in [0.2, 0.25) is 0 Å². The van der Waals surface area contributed by atoms with E-state index < -0.39 is 0 Å². The van der Waals surface area contributed by atoms with Gasteiger partial charge in [-0.1, -0.05) is 17.8 Å². The Bertz CT molecular complexity index is 1040. The number of hydrogen-bond donors (Lipinski definition) is 2. The van der Waals surface area contributed by atoms with Crippen LogP contribution in [-0.4, -0.2) is 28.7 Å². The van der Waals surface area contributed by atoms with Gasteiger partial charge in [0.25, 0.3) is 5.56 Å². The second-order valence-corrected chi connectivity index (χ2v) is 8.12. The summed E-state index contributed by atoms with van der Waals surface area (Å²) in [6, 6.07) is 5.88. The van der Waals surface area contributed by atoms with Gasteiger partial charge in [-0.15, -0.1) is 11.3 Å². The van der Waals surface area contributed by atoms with E-state index in [1.165, 1.54) is 23.1 Å². The van der Waals surface area contributed by atoms with Crippen molar-refractivity contribution in [3.63, 3.8) is 0 Å². The number of H-pyrrole nitrogens is 1. The van der Waals surface area contributed by atoms with Crippen molar-refractivity contribution in [2.24, 2.45) is 5.73 Å². The number of nitrogens with zero attached hydrogens (tertiary/aromatic N) is 1. The maximum atomic E-state index is 12.7. The standard InChI is InChI=1S/C18H19N3O3S2/c1-9-8-11(4-5-12(9)24-3)14-10(2)26-17-15(14)16(23)20-18(21-17)25-7-6-13(19)22/h4-5,8H,6-7H2,1-3H3,(H2,19,22)(H,20,21,23). The largest absolute Gasteiger partial charge is 0.496 e. The molecule has 3 rings (SSSR count). The zero-order chi connectivity index (χ0) is 18.8. The van der Waals surface area contributed by atoms with Crippen molar-refractivity contribution in [3.05, 3.63) is 39.0 Å². The molecule has 1 aromatic carbocycles. The minimum Gasteiger partial charge on any atom is -0.496 e. The van der Waals surface area contributed by atoms with Crippen molar-refractivity contribution >= 4 is 39.2 Å². The predicted octanol–water partition coefficient (Wildman–Crippen LogP) is 3.24. The third-order valence-electron chi connectivity index (χ3n) is 3.99. The molecule has 8 heteroatoms. The van der Waals surface area contributed by atoms with Crippen molar-refractivity contribution in [1.82, 2.24) is 9.97 Å². The second kappa shape index (κ2) is 7.51. The number of carbonyl (C=O) groups is 1. The van der Waals surface area contributed by atoms with E-state index in [-0.39, 0.29) is 17.9 Å².